The van der Waals surface area contributed by atoms with E-state index in [9.17, 15) is 8.42 Å². The molecule has 1 aliphatic heterocycles. The minimum Gasteiger partial charge on any atom is -0.308 e. The normalized spacial score (nSPS) is 22.9. The molecule has 2 aliphatic carbocycles. The maximum absolute atomic E-state index is 12.2. The molecule has 2 saturated carbocycles. The summed E-state index contributed by atoms with van der Waals surface area (Å²) in [6.45, 7) is 1.03. The van der Waals surface area contributed by atoms with E-state index in [1.165, 1.54) is 12.0 Å². The molecule has 2 heterocycles. The van der Waals surface area contributed by atoms with Crippen LogP contribution in [0.3, 0.4) is 0 Å². The molecule has 1 aromatic heterocycles. The van der Waals surface area contributed by atoms with Gasteiger partial charge in [0, 0.05) is 16.6 Å². The Kier molecular flexibility index (Phi) is 5.34. The van der Waals surface area contributed by atoms with E-state index >= 15 is 0 Å². The van der Waals surface area contributed by atoms with Crippen molar-refractivity contribution in [1.29, 1.82) is 0 Å². The fraction of sp³-hybridized carbons (Fsp3) is 0.545. The van der Waals surface area contributed by atoms with Gasteiger partial charge < -0.3 is 5.32 Å². The van der Waals surface area contributed by atoms with Gasteiger partial charge in [-0.15, -0.1) is 0 Å². The van der Waals surface area contributed by atoms with Crippen LogP contribution in [0, 0.1) is 5.92 Å². The molecule has 1 unspecified atom stereocenters. The van der Waals surface area contributed by atoms with Crippen molar-refractivity contribution in [3.63, 3.8) is 0 Å². The number of fused-ring (bicyclic) bond motifs is 1. The van der Waals surface area contributed by atoms with Crippen LogP contribution < -0.4 is 10.0 Å². The third-order valence-corrected chi connectivity index (χ3v) is 8.53. The Morgan fingerprint density at radius 3 is 2.63 bits per heavy atom. The lowest BCUT2D eigenvalue weighted by atomic mass is 9.58. The summed E-state index contributed by atoms with van der Waals surface area (Å²) in [6, 6.07) is 8.28. The second kappa shape index (κ2) is 7.86. The highest BCUT2D eigenvalue weighted by molar-refractivity contribution is 7.89. The maximum atomic E-state index is 12.2. The number of hydrogen-bond donors (Lipinski definition) is 2. The van der Waals surface area contributed by atoms with E-state index in [2.05, 4.69) is 27.2 Å². The molecule has 1 aromatic carbocycles. The minimum atomic E-state index is -3.28. The van der Waals surface area contributed by atoms with Gasteiger partial charge in [-0.3, -0.25) is 0 Å². The van der Waals surface area contributed by atoms with Gasteiger partial charge in [-0.2, -0.15) is 0 Å². The number of sulfonamides is 1. The molecule has 2 aromatic rings. The molecular weight excluding hydrogens is 420 g/mol. The highest BCUT2D eigenvalue weighted by atomic mass is 35.5. The van der Waals surface area contributed by atoms with E-state index in [4.69, 9.17) is 16.6 Å². The van der Waals surface area contributed by atoms with Crippen molar-refractivity contribution in [2.45, 2.75) is 56.5 Å². The van der Waals surface area contributed by atoms with Crippen LogP contribution in [-0.2, 0) is 28.4 Å². The Bertz CT molecular complexity index is 1030. The molecule has 0 amide bonds. The number of nitrogens with zero attached hydrogens (tertiary/aromatic N) is 2. The molecule has 160 valence electrons. The standard InChI is InChI=1S/C22H27ClN4O2S/c23-18-6-4-17(5-7-18)22(9-1-10-22)21-20-16(8-11-24-21)12-25-19(27-20)13-26-30(28,29)14-15-2-3-15/h4-7,12,15,21,24,26H,1-3,8-11,13-14H2. The summed E-state index contributed by atoms with van der Waals surface area (Å²) in [7, 11) is -3.28. The topological polar surface area (TPSA) is 84.0 Å². The first kappa shape index (κ1) is 20.4. The summed E-state index contributed by atoms with van der Waals surface area (Å²) in [5.41, 5.74) is 3.45. The average molecular weight is 447 g/mol. The summed E-state index contributed by atoms with van der Waals surface area (Å²) in [4.78, 5) is 9.31. The van der Waals surface area contributed by atoms with Crippen LogP contribution in [0.25, 0.3) is 0 Å². The van der Waals surface area contributed by atoms with E-state index in [1.807, 2.05) is 18.3 Å². The Hall–Kier alpha value is -1.54. The van der Waals surface area contributed by atoms with Crippen LogP contribution in [0.2, 0.25) is 5.02 Å². The highest BCUT2D eigenvalue weighted by Gasteiger charge is 2.48. The summed E-state index contributed by atoms with van der Waals surface area (Å²) in [5, 5.41) is 4.45. The van der Waals surface area contributed by atoms with Gasteiger partial charge in [0.2, 0.25) is 10.0 Å². The minimum absolute atomic E-state index is 0.00311. The van der Waals surface area contributed by atoms with Crippen molar-refractivity contribution in [2.24, 2.45) is 5.92 Å². The van der Waals surface area contributed by atoms with Gasteiger partial charge in [-0.1, -0.05) is 30.2 Å². The molecular formula is C22H27ClN4O2S. The van der Waals surface area contributed by atoms with E-state index < -0.39 is 10.0 Å². The zero-order chi connectivity index (χ0) is 20.8. The predicted octanol–water partition coefficient (Wildman–Crippen LogP) is 3.27. The SMILES string of the molecule is O=S(=O)(CC1CC1)NCc1ncc2c(n1)C(C1(c3ccc(Cl)cc3)CCC1)NCC2. The largest absolute Gasteiger partial charge is 0.308 e. The second-order valence-corrected chi connectivity index (χ2v) is 11.2. The molecule has 0 saturated heterocycles. The molecule has 3 aliphatic rings. The van der Waals surface area contributed by atoms with Gasteiger partial charge in [0.15, 0.2) is 0 Å². The number of nitrogens with one attached hydrogen (secondary N) is 2. The Morgan fingerprint density at radius 1 is 1.20 bits per heavy atom. The van der Waals surface area contributed by atoms with Crippen molar-refractivity contribution >= 4 is 21.6 Å². The third kappa shape index (κ3) is 4.00. The zero-order valence-electron chi connectivity index (χ0n) is 16.9. The van der Waals surface area contributed by atoms with Crippen LogP contribution in [-0.4, -0.2) is 30.7 Å². The summed E-state index contributed by atoms with van der Waals surface area (Å²) in [5.74, 6) is 1.06. The fourth-order valence-electron chi connectivity index (χ4n) is 4.80. The van der Waals surface area contributed by atoms with Crippen LogP contribution in [0.5, 0.6) is 0 Å². The van der Waals surface area contributed by atoms with E-state index in [0.717, 1.165) is 54.9 Å². The van der Waals surface area contributed by atoms with Crippen LogP contribution in [0.1, 0.15) is 60.8 Å². The molecule has 0 radical (unpaired) electrons. The third-order valence-electron chi connectivity index (χ3n) is 6.78. The number of halogens is 1. The molecule has 30 heavy (non-hydrogen) atoms. The Balaban J connectivity index is 1.41. The monoisotopic (exact) mass is 446 g/mol. The van der Waals surface area contributed by atoms with Gasteiger partial charge >= 0.3 is 0 Å². The van der Waals surface area contributed by atoms with Gasteiger partial charge in [-0.05, 0) is 67.8 Å². The first-order valence-corrected chi connectivity index (χ1v) is 12.8. The number of rotatable bonds is 7. The quantitative estimate of drug-likeness (QED) is 0.681. The summed E-state index contributed by atoms with van der Waals surface area (Å²) >= 11 is 6.13. The van der Waals surface area contributed by atoms with Gasteiger partial charge in [0.25, 0.3) is 0 Å². The second-order valence-electron chi connectivity index (χ2n) is 8.90. The lowest BCUT2D eigenvalue weighted by Crippen LogP contribution is -2.49. The van der Waals surface area contributed by atoms with Crippen LogP contribution in [0.4, 0.5) is 0 Å². The Morgan fingerprint density at radius 2 is 1.97 bits per heavy atom. The van der Waals surface area contributed by atoms with E-state index in [0.29, 0.717) is 11.7 Å². The van der Waals surface area contributed by atoms with Crippen molar-refractivity contribution in [3.8, 4) is 0 Å². The lowest BCUT2D eigenvalue weighted by molar-refractivity contribution is 0.161. The summed E-state index contributed by atoms with van der Waals surface area (Å²) in [6.07, 6.45) is 8.17. The average Bonchev–Trinajstić information content (AvgIpc) is 3.50. The molecule has 2 fully saturated rings. The number of benzene rings is 1. The molecule has 1 atom stereocenters. The lowest BCUT2D eigenvalue weighted by Gasteiger charge is -2.50. The van der Waals surface area contributed by atoms with Crippen molar-refractivity contribution in [3.05, 3.63) is 58.1 Å². The first-order valence-electron chi connectivity index (χ1n) is 10.8. The first-order chi connectivity index (χ1) is 14.5. The van der Waals surface area contributed by atoms with E-state index in [1.54, 1.807) is 0 Å². The Labute approximate surface area is 182 Å². The molecule has 6 nitrogen and oxygen atoms in total. The predicted molar refractivity (Wildman–Crippen MR) is 117 cm³/mol. The molecule has 2 N–H and O–H groups in total. The van der Waals surface area contributed by atoms with Gasteiger partial charge in [-0.25, -0.2) is 23.1 Å². The van der Waals surface area contributed by atoms with E-state index in [-0.39, 0.29) is 23.8 Å². The van der Waals surface area contributed by atoms with Crippen molar-refractivity contribution in [1.82, 2.24) is 20.0 Å². The van der Waals surface area contributed by atoms with Crippen LogP contribution in [0.15, 0.2) is 30.5 Å². The number of aromatic nitrogens is 2. The smallest absolute Gasteiger partial charge is 0.212 e. The molecule has 0 bridgehead atoms. The zero-order valence-corrected chi connectivity index (χ0v) is 18.5. The highest BCUT2D eigenvalue weighted by Crippen LogP contribution is 2.53. The number of hydrogen-bond acceptors (Lipinski definition) is 5. The molecule has 0 spiro atoms. The maximum Gasteiger partial charge on any atom is 0.212 e. The fourth-order valence-corrected chi connectivity index (χ4v) is 6.35. The molecule has 8 heteroatoms. The van der Waals surface area contributed by atoms with Gasteiger partial charge in [0.05, 0.1) is 24.0 Å². The van der Waals surface area contributed by atoms with Gasteiger partial charge in [0.1, 0.15) is 5.82 Å². The molecule has 5 rings (SSSR count). The van der Waals surface area contributed by atoms with Crippen molar-refractivity contribution < 1.29 is 8.42 Å². The van der Waals surface area contributed by atoms with Crippen LogP contribution >= 0.6 is 11.6 Å². The van der Waals surface area contributed by atoms with Crippen molar-refractivity contribution in [2.75, 3.05) is 12.3 Å². The summed E-state index contributed by atoms with van der Waals surface area (Å²) < 4.78 is 27.2.